The van der Waals surface area contributed by atoms with Crippen molar-refractivity contribution in [3.63, 3.8) is 0 Å². The van der Waals surface area contributed by atoms with Gasteiger partial charge in [0.25, 0.3) is 0 Å². The van der Waals surface area contributed by atoms with Crippen LogP contribution in [0.15, 0.2) is 53.2 Å². The van der Waals surface area contributed by atoms with Crippen molar-refractivity contribution in [2.45, 2.75) is 26.6 Å². The van der Waals surface area contributed by atoms with Crippen molar-refractivity contribution in [2.24, 2.45) is 7.05 Å². The van der Waals surface area contributed by atoms with Gasteiger partial charge in [0.05, 0.1) is 5.56 Å². The molecule has 3 nitrogen and oxygen atoms in total. The Morgan fingerprint density at radius 2 is 2.12 bits per heavy atom. The fraction of sp³-hybridized carbons (Fsp3) is 0.238. The van der Waals surface area contributed by atoms with Crippen molar-refractivity contribution < 1.29 is 14.5 Å². The molecule has 0 N–H and O–H groups in total. The van der Waals surface area contributed by atoms with Crippen molar-refractivity contribution in [2.75, 3.05) is 0 Å². The average molecular weight is 321 g/mol. The van der Waals surface area contributed by atoms with Gasteiger partial charge >= 0.3 is 0 Å². The van der Waals surface area contributed by atoms with Crippen LogP contribution in [0.25, 0.3) is 33.3 Å². The molecule has 0 bridgehead atoms. The zero-order valence-corrected chi connectivity index (χ0v) is 13.9. The number of hydrogen-bond acceptors (Lipinski definition) is 2. The Morgan fingerprint density at radius 3 is 2.92 bits per heavy atom. The lowest BCUT2D eigenvalue weighted by molar-refractivity contribution is -0.660. The Hall–Kier alpha value is -2.68. The number of fused-ring (bicyclic) bond motifs is 3. The summed E-state index contributed by atoms with van der Waals surface area (Å²) in [4.78, 5) is 4.28. The number of rotatable bonds is 2. The van der Waals surface area contributed by atoms with Crippen LogP contribution < -0.4 is 4.57 Å². The molecule has 0 radical (unpaired) electrons. The van der Waals surface area contributed by atoms with Crippen LogP contribution in [0, 0.1) is 6.92 Å². The maximum absolute atomic E-state index is 8.30. The summed E-state index contributed by atoms with van der Waals surface area (Å²) < 4.78 is 39.0. The topological polar surface area (TPSA) is 29.9 Å². The molecule has 3 heterocycles. The van der Waals surface area contributed by atoms with Crippen LogP contribution in [0.3, 0.4) is 0 Å². The second kappa shape index (κ2) is 5.45. The van der Waals surface area contributed by atoms with E-state index in [0.29, 0.717) is 11.3 Å². The molecule has 1 atom stereocenters. The molecule has 3 aromatic heterocycles. The molecule has 0 amide bonds. The monoisotopic (exact) mass is 321 g/mol. The smallest absolute Gasteiger partial charge is 0.227 e. The first-order valence-corrected chi connectivity index (χ1v) is 7.88. The maximum Gasteiger partial charge on any atom is 0.227 e. The summed E-state index contributed by atoms with van der Waals surface area (Å²) in [6, 6.07) is 11.5. The van der Waals surface area contributed by atoms with Crippen molar-refractivity contribution >= 4 is 22.1 Å². The third-order valence-electron chi connectivity index (χ3n) is 4.44. The number of benzene rings is 1. The molecule has 0 saturated heterocycles. The van der Waals surface area contributed by atoms with Crippen molar-refractivity contribution in [1.82, 2.24) is 4.98 Å². The van der Waals surface area contributed by atoms with Crippen LogP contribution >= 0.6 is 0 Å². The summed E-state index contributed by atoms with van der Waals surface area (Å²) in [5.41, 5.74) is 4.79. The second-order valence-electron chi connectivity index (χ2n) is 6.16. The van der Waals surface area contributed by atoms with Gasteiger partial charge in [0.1, 0.15) is 12.6 Å². The summed E-state index contributed by atoms with van der Waals surface area (Å²) in [5, 5.41) is 2.00. The van der Waals surface area contributed by atoms with Gasteiger partial charge in [-0.2, -0.15) is 0 Å². The Balaban J connectivity index is 1.86. The molecule has 0 aliphatic heterocycles. The summed E-state index contributed by atoms with van der Waals surface area (Å²) in [6.45, 7) is 1.06. The highest BCUT2D eigenvalue weighted by molar-refractivity contribution is 6.05. The number of nitrogens with zero attached hydrogens (tertiary/aromatic N) is 2. The molecule has 1 unspecified atom stereocenters. The second-order valence-corrected chi connectivity index (χ2v) is 6.16. The number of aromatic nitrogens is 2. The van der Waals surface area contributed by atoms with Crippen LogP contribution in [0.5, 0.6) is 0 Å². The molecule has 0 aliphatic carbocycles. The summed E-state index contributed by atoms with van der Waals surface area (Å²) in [7, 11) is 1.86. The fourth-order valence-electron chi connectivity index (χ4n) is 3.15. The maximum atomic E-state index is 8.30. The SMILES string of the molecule is [2H]C([2H])([2H])C([2H])(C)c1ccc(-c2cc3oc4ncccc4c3cc2C)[n+](C)c1. The van der Waals surface area contributed by atoms with Crippen LogP contribution in [-0.2, 0) is 7.05 Å². The Kier molecular flexibility index (Phi) is 2.49. The third kappa shape index (κ3) is 2.28. The van der Waals surface area contributed by atoms with Gasteiger partial charge in [-0.3, -0.25) is 0 Å². The number of hydrogen-bond donors (Lipinski definition) is 0. The van der Waals surface area contributed by atoms with Gasteiger partial charge in [-0.05, 0) is 48.7 Å². The minimum Gasteiger partial charge on any atom is -0.438 e. The van der Waals surface area contributed by atoms with Crippen molar-refractivity contribution in [1.29, 1.82) is 0 Å². The molecule has 0 spiro atoms. The standard InChI is InChI=1S/C21H21N2O/c1-13(2)15-7-8-19(23(4)12-15)17-11-20-18(10-14(17)3)16-6-5-9-22-21(16)24-20/h5-13H,1-4H3/q+1/i1D3,13D. The van der Waals surface area contributed by atoms with E-state index in [1.807, 2.05) is 42.8 Å². The Morgan fingerprint density at radius 1 is 1.25 bits per heavy atom. The van der Waals surface area contributed by atoms with E-state index in [0.717, 1.165) is 33.2 Å². The molecule has 3 heteroatoms. The van der Waals surface area contributed by atoms with Gasteiger partial charge in [0, 0.05) is 34.1 Å². The summed E-state index contributed by atoms with van der Waals surface area (Å²) >= 11 is 0. The largest absolute Gasteiger partial charge is 0.438 e. The van der Waals surface area contributed by atoms with E-state index in [-0.39, 0.29) is 0 Å². The summed E-state index contributed by atoms with van der Waals surface area (Å²) in [5.74, 6) is -1.67. The minimum atomic E-state index is -2.41. The molecular weight excluding hydrogens is 296 g/mol. The molecule has 120 valence electrons. The lowest BCUT2D eigenvalue weighted by Gasteiger charge is -2.08. The van der Waals surface area contributed by atoms with Crippen molar-refractivity contribution in [3.8, 4) is 11.3 Å². The van der Waals surface area contributed by atoms with Gasteiger partial charge in [0.2, 0.25) is 11.4 Å². The molecule has 0 aliphatic rings. The average Bonchev–Trinajstić information content (AvgIpc) is 2.98. The molecule has 0 saturated carbocycles. The first-order chi connectivity index (χ1) is 13.1. The van der Waals surface area contributed by atoms with Crippen molar-refractivity contribution in [3.05, 3.63) is 59.9 Å². The lowest BCUT2D eigenvalue weighted by atomic mass is 9.99. The van der Waals surface area contributed by atoms with Gasteiger partial charge < -0.3 is 4.42 Å². The van der Waals surface area contributed by atoms with Crippen LogP contribution in [0.4, 0.5) is 0 Å². The zero-order valence-electron chi connectivity index (χ0n) is 17.9. The highest BCUT2D eigenvalue weighted by Crippen LogP contribution is 2.32. The van der Waals surface area contributed by atoms with Gasteiger partial charge in [-0.15, -0.1) is 0 Å². The van der Waals surface area contributed by atoms with E-state index in [1.54, 1.807) is 18.5 Å². The van der Waals surface area contributed by atoms with Crippen LogP contribution in [-0.4, -0.2) is 4.98 Å². The summed E-state index contributed by atoms with van der Waals surface area (Å²) in [6.07, 6.45) is 3.43. The predicted molar refractivity (Wildman–Crippen MR) is 97.0 cm³/mol. The molecule has 1 aromatic carbocycles. The van der Waals surface area contributed by atoms with E-state index in [2.05, 4.69) is 11.1 Å². The lowest BCUT2D eigenvalue weighted by Crippen LogP contribution is -2.31. The highest BCUT2D eigenvalue weighted by Gasteiger charge is 2.17. The predicted octanol–water partition coefficient (Wildman–Crippen LogP) is 4.90. The Labute approximate surface area is 147 Å². The van der Waals surface area contributed by atoms with Gasteiger partial charge in [-0.25, -0.2) is 9.55 Å². The number of pyridine rings is 2. The quantitative estimate of drug-likeness (QED) is 0.491. The number of aryl methyl sites for hydroxylation is 2. The molecule has 4 rings (SSSR count). The van der Waals surface area contributed by atoms with Crippen LogP contribution in [0.1, 0.15) is 36.3 Å². The van der Waals surface area contributed by atoms with E-state index in [1.165, 1.54) is 6.92 Å². The Bertz CT molecular complexity index is 1210. The zero-order chi connectivity index (χ0) is 20.3. The highest BCUT2D eigenvalue weighted by atomic mass is 16.3. The third-order valence-corrected chi connectivity index (χ3v) is 4.44. The molecule has 0 fully saturated rings. The fourth-order valence-corrected chi connectivity index (χ4v) is 3.15. The minimum absolute atomic E-state index is 0.449. The van der Waals surface area contributed by atoms with E-state index < -0.39 is 12.7 Å². The first-order valence-electron chi connectivity index (χ1n) is 9.88. The van der Waals surface area contributed by atoms with E-state index >= 15 is 0 Å². The van der Waals surface area contributed by atoms with E-state index in [9.17, 15) is 0 Å². The normalized spacial score (nSPS) is 17.1. The van der Waals surface area contributed by atoms with E-state index in [4.69, 9.17) is 9.90 Å². The molecule has 4 aromatic rings. The van der Waals surface area contributed by atoms with Crippen LogP contribution in [0.2, 0.25) is 0 Å². The molecular formula is C21H21N2O+. The van der Waals surface area contributed by atoms with Gasteiger partial charge in [0.15, 0.2) is 6.20 Å². The van der Waals surface area contributed by atoms with Gasteiger partial charge in [-0.1, -0.05) is 13.8 Å². The number of furan rings is 1. The molecule has 24 heavy (non-hydrogen) atoms. The first kappa shape index (κ1) is 11.0.